The molecule has 6 nitrogen and oxygen atoms in total. The number of carbonyl (C=O) groups is 1. The molecule has 1 aliphatic rings. The first-order chi connectivity index (χ1) is 17.2. The van der Waals surface area contributed by atoms with E-state index in [-0.39, 0.29) is 27.8 Å². The lowest BCUT2D eigenvalue weighted by Crippen LogP contribution is -2.13. The van der Waals surface area contributed by atoms with Crippen molar-refractivity contribution in [2.75, 3.05) is 0 Å². The third-order valence-corrected chi connectivity index (χ3v) is 7.82. The fourth-order valence-corrected chi connectivity index (χ4v) is 5.17. The van der Waals surface area contributed by atoms with Crippen molar-refractivity contribution in [1.82, 2.24) is 9.97 Å². The molecule has 0 radical (unpaired) electrons. The number of aromatic nitrogens is 2. The normalized spacial score (nSPS) is 15.0. The molecule has 0 aliphatic heterocycles. The van der Waals surface area contributed by atoms with E-state index >= 15 is 0 Å². The van der Waals surface area contributed by atoms with Crippen LogP contribution < -0.4 is 5.73 Å². The Labute approximate surface area is 206 Å². The van der Waals surface area contributed by atoms with Gasteiger partial charge in [0.1, 0.15) is 0 Å². The van der Waals surface area contributed by atoms with Crippen LogP contribution >= 0.6 is 0 Å². The van der Waals surface area contributed by atoms with E-state index in [0.29, 0.717) is 25.0 Å². The summed E-state index contributed by atoms with van der Waals surface area (Å²) in [6.07, 6.45) is -6.68. The first-order valence-corrected chi connectivity index (χ1v) is 12.2. The number of nitrogens with two attached hydrogens (primary N) is 1. The molecule has 0 unspecified atom stereocenters. The Bertz CT molecular complexity index is 1460. The molecule has 0 saturated heterocycles. The average Bonchev–Trinajstić information content (AvgIpc) is 3.68. The Morgan fingerprint density at radius 1 is 0.919 bits per heavy atom. The number of hydrogen-bond donors (Lipinski definition) is 1. The molecule has 4 rings (SSSR count). The zero-order valence-corrected chi connectivity index (χ0v) is 19.5. The zero-order chi connectivity index (χ0) is 27.2. The van der Waals surface area contributed by atoms with Crippen LogP contribution in [0.5, 0.6) is 0 Å². The van der Waals surface area contributed by atoms with Crippen LogP contribution in [0.15, 0.2) is 59.6 Å². The monoisotopic (exact) mass is 541 g/mol. The second kappa shape index (κ2) is 9.29. The van der Waals surface area contributed by atoms with Gasteiger partial charge in [0, 0.05) is 17.3 Å². The highest BCUT2D eigenvalue weighted by Crippen LogP contribution is 2.38. The van der Waals surface area contributed by atoms with Crippen LogP contribution in [0, 0.1) is 0 Å². The number of benzene rings is 2. The minimum absolute atomic E-state index is 0.00840. The van der Waals surface area contributed by atoms with Crippen LogP contribution in [-0.2, 0) is 27.0 Å². The van der Waals surface area contributed by atoms with Gasteiger partial charge in [0.15, 0.2) is 15.7 Å². The fourth-order valence-electron chi connectivity index (χ4n) is 3.52. The van der Waals surface area contributed by atoms with Gasteiger partial charge in [-0.15, -0.1) is 0 Å². The minimum atomic E-state index is -5.05. The van der Waals surface area contributed by atoms with Crippen LogP contribution in [0.1, 0.15) is 35.2 Å². The number of sulfone groups is 1. The first-order valence-electron chi connectivity index (χ1n) is 10.6. The Morgan fingerprint density at radius 2 is 1.49 bits per heavy atom. The summed E-state index contributed by atoms with van der Waals surface area (Å²) in [6, 6.07) is 7.64. The summed E-state index contributed by atoms with van der Waals surface area (Å²) in [4.78, 5) is 20.0. The molecule has 1 aromatic heterocycles. The summed E-state index contributed by atoms with van der Waals surface area (Å²) in [6.45, 7) is 0. The minimum Gasteiger partial charge on any atom is -0.366 e. The maximum Gasteiger partial charge on any atom is 0.416 e. The molecular formula is C24H17F6N3O3S. The van der Waals surface area contributed by atoms with Gasteiger partial charge >= 0.3 is 12.4 Å². The highest BCUT2D eigenvalue weighted by molar-refractivity contribution is 7.92. The molecule has 1 amide bonds. The lowest BCUT2D eigenvalue weighted by Gasteiger charge is -2.14. The summed E-state index contributed by atoms with van der Waals surface area (Å²) in [5, 5.41) is -0.433. The van der Waals surface area contributed by atoms with Gasteiger partial charge in [-0.05, 0) is 60.9 Å². The number of primary amides is 1. The lowest BCUT2D eigenvalue weighted by molar-refractivity contribution is -0.143. The Morgan fingerprint density at radius 3 is 1.97 bits per heavy atom. The van der Waals surface area contributed by atoms with Gasteiger partial charge in [-0.25, -0.2) is 18.4 Å². The topological polar surface area (TPSA) is 103 Å². The third-order valence-electron chi connectivity index (χ3n) is 5.54. The van der Waals surface area contributed by atoms with Crippen molar-refractivity contribution in [1.29, 1.82) is 0 Å². The Kier molecular flexibility index (Phi) is 6.61. The Balaban J connectivity index is 1.74. The Hall–Kier alpha value is -3.74. The smallest absolute Gasteiger partial charge is 0.366 e. The van der Waals surface area contributed by atoms with E-state index in [0.717, 1.165) is 6.20 Å². The van der Waals surface area contributed by atoms with Gasteiger partial charge in [-0.2, -0.15) is 26.3 Å². The maximum absolute atomic E-state index is 13.2. The van der Waals surface area contributed by atoms with E-state index in [1.54, 1.807) is 0 Å². The molecule has 3 aromatic rings. The molecule has 13 heteroatoms. The molecule has 1 saturated carbocycles. The average molecular weight is 541 g/mol. The quantitative estimate of drug-likeness (QED) is 0.344. The van der Waals surface area contributed by atoms with Crippen molar-refractivity contribution in [3.05, 3.63) is 77.1 Å². The van der Waals surface area contributed by atoms with E-state index in [9.17, 15) is 39.6 Å². The van der Waals surface area contributed by atoms with E-state index < -0.39 is 55.9 Å². The highest BCUT2D eigenvalue weighted by Gasteiger charge is 2.38. The molecule has 0 spiro atoms. The summed E-state index contributed by atoms with van der Waals surface area (Å²) >= 11 is 0. The molecule has 0 atom stereocenters. The number of carbonyl (C=O) groups excluding carboxylic acids is 1. The number of hydrogen-bond acceptors (Lipinski definition) is 5. The van der Waals surface area contributed by atoms with Crippen LogP contribution in [0.25, 0.3) is 23.0 Å². The summed E-state index contributed by atoms with van der Waals surface area (Å²) in [5.41, 5.74) is 1.97. The summed E-state index contributed by atoms with van der Waals surface area (Å²) in [5.74, 6) is -1.36. The maximum atomic E-state index is 13.2. The van der Waals surface area contributed by atoms with E-state index in [1.165, 1.54) is 36.4 Å². The molecule has 194 valence electrons. The van der Waals surface area contributed by atoms with Crippen LogP contribution in [0.4, 0.5) is 26.3 Å². The predicted octanol–water partition coefficient (Wildman–Crippen LogP) is 5.14. The molecule has 2 aromatic carbocycles. The van der Waals surface area contributed by atoms with E-state index in [4.69, 9.17) is 5.73 Å². The first kappa shape index (κ1) is 26.3. The van der Waals surface area contributed by atoms with Gasteiger partial charge < -0.3 is 5.73 Å². The van der Waals surface area contributed by atoms with E-state index in [2.05, 4.69) is 9.97 Å². The standard InChI is InChI=1S/C24H17F6N3O3S/c25-23(26,27)15-9-14(10-16(11-15)24(28,29)30)22-32-8-7-17(33-22)12-20(21(31)34)13-1-3-18(4-2-13)37(35,36)19-5-6-19/h1-4,7-12,19H,5-6H2,(H2,31,34)/b20-12+. The van der Waals surface area contributed by atoms with Crippen LogP contribution in [0.3, 0.4) is 0 Å². The predicted molar refractivity (Wildman–Crippen MR) is 121 cm³/mol. The van der Waals surface area contributed by atoms with Crippen LogP contribution in [-0.4, -0.2) is 29.5 Å². The SMILES string of the molecule is NC(=O)/C(=C/c1ccnc(-c2cc(C(F)(F)F)cc(C(F)(F)F)c2)n1)c1ccc(S(=O)(=O)C2CC2)cc1. The molecule has 1 aliphatic carbocycles. The second-order valence-electron chi connectivity index (χ2n) is 8.29. The number of alkyl halides is 6. The zero-order valence-electron chi connectivity index (χ0n) is 18.6. The second-order valence-corrected chi connectivity index (χ2v) is 10.5. The molecule has 1 heterocycles. The fraction of sp³-hybridized carbons (Fsp3) is 0.208. The van der Waals surface area contributed by atoms with Gasteiger partial charge in [-0.1, -0.05) is 12.1 Å². The number of nitrogens with zero attached hydrogens (tertiary/aromatic N) is 2. The third kappa shape index (κ3) is 5.82. The molecule has 1 fully saturated rings. The van der Waals surface area contributed by atoms with Crippen molar-refractivity contribution in [3.63, 3.8) is 0 Å². The number of amides is 1. The summed E-state index contributed by atoms with van der Waals surface area (Å²) < 4.78 is 104. The largest absolute Gasteiger partial charge is 0.416 e. The molecular weight excluding hydrogens is 524 g/mol. The highest BCUT2D eigenvalue weighted by atomic mass is 32.2. The van der Waals surface area contributed by atoms with Gasteiger partial charge in [0.25, 0.3) is 0 Å². The van der Waals surface area contributed by atoms with Gasteiger partial charge in [0.2, 0.25) is 5.91 Å². The molecule has 2 N–H and O–H groups in total. The number of halogens is 6. The lowest BCUT2D eigenvalue weighted by atomic mass is 10.0. The van der Waals surface area contributed by atoms with E-state index in [1.807, 2.05) is 0 Å². The van der Waals surface area contributed by atoms with Crippen molar-refractivity contribution in [2.45, 2.75) is 35.3 Å². The van der Waals surface area contributed by atoms with Crippen molar-refractivity contribution < 1.29 is 39.6 Å². The number of rotatable bonds is 6. The molecule has 0 bridgehead atoms. The van der Waals surface area contributed by atoms with Gasteiger partial charge in [-0.3, -0.25) is 4.79 Å². The van der Waals surface area contributed by atoms with Crippen molar-refractivity contribution in [3.8, 4) is 11.4 Å². The van der Waals surface area contributed by atoms with Gasteiger partial charge in [0.05, 0.1) is 27.0 Å². The summed E-state index contributed by atoms with van der Waals surface area (Å²) in [7, 11) is -3.47. The molecule has 37 heavy (non-hydrogen) atoms. The van der Waals surface area contributed by atoms with Crippen molar-refractivity contribution in [2.24, 2.45) is 5.73 Å². The van der Waals surface area contributed by atoms with Crippen molar-refractivity contribution >= 4 is 27.4 Å². The van der Waals surface area contributed by atoms with Crippen LogP contribution in [0.2, 0.25) is 0 Å².